The molecule has 52 heavy (non-hydrogen) atoms. The zero-order chi connectivity index (χ0) is 36.2. The van der Waals surface area contributed by atoms with E-state index in [0.717, 1.165) is 51.4 Å². The molecule has 0 spiro atoms. The van der Waals surface area contributed by atoms with Gasteiger partial charge < -0.3 is 33.5 Å². The van der Waals surface area contributed by atoms with Crippen LogP contribution in [0.25, 0.3) is 0 Å². The van der Waals surface area contributed by atoms with E-state index < -0.39 is 0 Å². The third-order valence-electron chi connectivity index (χ3n) is 7.69. The largest absolute Gasteiger partial charge is 0.498 e. The van der Waals surface area contributed by atoms with Crippen LogP contribution < -0.4 is 24.0 Å². The predicted octanol–water partition coefficient (Wildman–Crippen LogP) is 11.5. The molecule has 0 saturated carbocycles. The van der Waals surface area contributed by atoms with E-state index >= 15 is 0 Å². The maximum Gasteiger partial charge on any atom is 0.127 e. The average molecular weight is 693 g/mol. The first-order valence-electron chi connectivity index (χ1n) is 17.0. The number of hydrogen-bond acceptors (Lipinski definition) is 7. The summed E-state index contributed by atoms with van der Waals surface area (Å²) in [5.74, 6) is 3.20. The van der Waals surface area contributed by atoms with Gasteiger partial charge in [-0.1, -0.05) is 79.9 Å². The summed E-state index contributed by atoms with van der Waals surface area (Å²) >= 11 is 0. The second-order valence-electron chi connectivity index (χ2n) is 11.2. The van der Waals surface area contributed by atoms with Gasteiger partial charge in [-0.05, 0) is 84.9 Å². The number of hydrogen-bond donors (Lipinski definition) is 0. The first-order valence-corrected chi connectivity index (χ1v) is 17.0. The molecule has 0 atom stereocenters. The van der Waals surface area contributed by atoms with E-state index in [0.29, 0.717) is 26.4 Å². The Morgan fingerprint density at radius 1 is 0.423 bits per heavy atom. The Bertz CT molecular complexity index is 1920. The standard InChI is InChI=1S/C28H25NO3.C17H19NO2/c1-2-30-20-21-31-28-15-9-12-25(22-28)29(23-10-5-3-6-11-23)24-16-18-27(19-17-24)32-26-13-7-4-8-14-26;1-3-19-12-13-20-17-11-7-10-16(14-17)18(2)15-8-5-4-6-9-15/h2-19,22H,1,20-21H2;3-11,14H,1,12-13H2,2H3. The van der Waals surface area contributed by atoms with E-state index in [2.05, 4.69) is 71.5 Å². The summed E-state index contributed by atoms with van der Waals surface area (Å²) in [6, 6.07) is 54.3. The minimum absolute atomic E-state index is 0.451. The van der Waals surface area contributed by atoms with Crippen LogP contribution in [0.3, 0.4) is 0 Å². The topological polar surface area (TPSA) is 52.6 Å². The third-order valence-corrected chi connectivity index (χ3v) is 7.69. The molecule has 0 fully saturated rings. The highest BCUT2D eigenvalue weighted by atomic mass is 16.5. The lowest BCUT2D eigenvalue weighted by Gasteiger charge is -2.26. The molecule has 6 aromatic rings. The zero-order valence-electron chi connectivity index (χ0n) is 29.4. The number of benzene rings is 6. The highest BCUT2D eigenvalue weighted by Crippen LogP contribution is 2.37. The maximum atomic E-state index is 5.95. The van der Waals surface area contributed by atoms with Gasteiger partial charge >= 0.3 is 0 Å². The molecule has 0 unspecified atom stereocenters. The average Bonchev–Trinajstić information content (AvgIpc) is 3.20. The Hall–Kier alpha value is -6.60. The third kappa shape index (κ3) is 11.2. The molecule has 0 radical (unpaired) electrons. The molecule has 0 aromatic heterocycles. The van der Waals surface area contributed by atoms with E-state index in [-0.39, 0.29) is 0 Å². The SMILES string of the molecule is C=COCCOc1cccc(N(C)c2ccccc2)c1.C=COCCOc1cccc(N(c2ccccc2)c2ccc(Oc3ccccc3)cc2)c1. The smallest absolute Gasteiger partial charge is 0.127 e. The van der Waals surface area contributed by atoms with Crippen molar-refractivity contribution in [3.63, 3.8) is 0 Å². The summed E-state index contributed by atoms with van der Waals surface area (Å²) in [5.41, 5.74) is 5.29. The molecule has 0 aliphatic carbocycles. The quantitative estimate of drug-likeness (QED) is 0.0696. The molecule has 0 saturated heterocycles. The Kier molecular flexibility index (Phi) is 14.2. The van der Waals surface area contributed by atoms with Crippen molar-refractivity contribution in [3.05, 3.63) is 189 Å². The first-order chi connectivity index (χ1) is 25.6. The highest BCUT2D eigenvalue weighted by molar-refractivity contribution is 5.77. The van der Waals surface area contributed by atoms with E-state index in [1.54, 1.807) is 0 Å². The van der Waals surface area contributed by atoms with Crippen molar-refractivity contribution in [2.75, 3.05) is 43.3 Å². The van der Waals surface area contributed by atoms with Crippen LogP contribution in [-0.2, 0) is 9.47 Å². The second-order valence-corrected chi connectivity index (χ2v) is 11.2. The molecule has 0 bridgehead atoms. The number of anilines is 5. The van der Waals surface area contributed by atoms with Crippen LogP contribution in [0.15, 0.2) is 189 Å². The minimum Gasteiger partial charge on any atom is -0.498 e. The zero-order valence-corrected chi connectivity index (χ0v) is 29.4. The van der Waals surface area contributed by atoms with Crippen LogP contribution >= 0.6 is 0 Å². The van der Waals surface area contributed by atoms with Crippen LogP contribution in [0, 0.1) is 0 Å². The molecular formula is C45H44N2O5. The summed E-state index contributed by atoms with van der Waals surface area (Å²) in [7, 11) is 2.04. The Morgan fingerprint density at radius 3 is 1.40 bits per heavy atom. The van der Waals surface area contributed by atoms with E-state index in [1.165, 1.54) is 12.5 Å². The summed E-state index contributed by atoms with van der Waals surface area (Å²) in [5, 5.41) is 0. The van der Waals surface area contributed by atoms with E-state index in [4.69, 9.17) is 23.7 Å². The molecule has 6 rings (SSSR count). The molecular weight excluding hydrogens is 649 g/mol. The fraction of sp³-hybridized carbons (Fsp3) is 0.111. The van der Waals surface area contributed by atoms with Gasteiger partial charge in [0.25, 0.3) is 0 Å². The molecule has 0 N–H and O–H groups in total. The lowest BCUT2D eigenvalue weighted by atomic mass is 10.2. The van der Waals surface area contributed by atoms with Crippen molar-refractivity contribution >= 4 is 28.4 Å². The van der Waals surface area contributed by atoms with Crippen LogP contribution in [-0.4, -0.2) is 33.5 Å². The van der Waals surface area contributed by atoms with Gasteiger partial charge in [0.15, 0.2) is 0 Å². The first kappa shape index (κ1) is 36.7. The maximum absolute atomic E-state index is 5.95. The Morgan fingerprint density at radius 2 is 0.846 bits per heavy atom. The number of ether oxygens (including phenoxy) is 5. The van der Waals surface area contributed by atoms with Crippen LogP contribution in [0.1, 0.15) is 0 Å². The van der Waals surface area contributed by atoms with Gasteiger partial charge in [-0.2, -0.15) is 0 Å². The molecule has 7 heteroatoms. The summed E-state index contributed by atoms with van der Waals surface area (Å²) in [4.78, 5) is 4.30. The van der Waals surface area contributed by atoms with Gasteiger partial charge in [0.1, 0.15) is 49.4 Å². The van der Waals surface area contributed by atoms with Gasteiger partial charge in [-0.15, -0.1) is 0 Å². The predicted molar refractivity (Wildman–Crippen MR) is 212 cm³/mol. The summed E-state index contributed by atoms with van der Waals surface area (Å²) in [6.07, 6.45) is 2.84. The van der Waals surface area contributed by atoms with Crippen molar-refractivity contribution < 1.29 is 23.7 Å². The highest BCUT2D eigenvalue weighted by Gasteiger charge is 2.13. The molecule has 0 aliphatic rings. The monoisotopic (exact) mass is 692 g/mol. The van der Waals surface area contributed by atoms with Crippen LogP contribution in [0.5, 0.6) is 23.0 Å². The number of para-hydroxylation sites is 3. The molecule has 6 aromatic carbocycles. The summed E-state index contributed by atoms with van der Waals surface area (Å²) < 4.78 is 27.6. The van der Waals surface area contributed by atoms with Gasteiger partial charge in [0.2, 0.25) is 0 Å². The lowest BCUT2D eigenvalue weighted by Crippen LogP contribution is -2.10. The Balaban J connectivity index is 0.000000225. The van der Waals surface area contributed by atoms with Gasteiger partial charge in [-0.3, -0.25) is 0 Å². The van der Waals surface area contributed by atoms with Crippen LogP contribution in [0.4, 0.5) is 28.4 Å². The van der Waals surface area contributed by atoms with E-state index in [9.17, 15) is 0 Å². The van der Waals surface area contributed by atoms with Crippen molar-refractivity contribution in [1.29, 1.82) is 0 Å². The van der Waals surface area contributed by atoms with Gasteiger partial charge in [0.05, 0.1) is 12.5 Å². The fourth-order valence-electron chi connectivity index (χ4n) is 5.19. The van der Waals surface area contributed by atoms with Gasteiger partial charge in [0, 0.05) is 47.6 Å². The van der Waals surface area contributed by atoms with Crippen molar-refractivity contribution in [1.82, 2.24) is 0 Å². The fourth-order valence-corrected chi connectivity index (χ4v) is 5.19. The van der Waals surface area contributed by atoms with Crippen molar-refractivity contribution in [3.8, 4) is 23.0 Å². The number of rotatable bonds is 17. The molecule has 0 aliphatic heterocycles. The lowest BCUT2D eigenvalue weighted by molar-refractivity contribution is 0.179. The van der Waals surface area contributed by atoms with Crippen molar-refractivity contribution in [2.24, 2.45) is 0 Å². The number of nitrogens with zero attached hydrogens (tertiary/aromatic N) is 2. The second kappa shape index (κ2) is 20.2. The normalized spacial score (nSPS) is 10.1. The Labute approximate surface area is 307 Å². The summed E-state index contributed by atoms with van der Waals surface area (Å²) in [6.45, 7) is 8.95. The molecule has 7 nitrogen and oxygen atoms in total. The molecule has 264 valence electrons. The molecule has 0 amide bonds. The van der Waals surface area contributed by atoms with Gasteiger partial charge in [-0.25, -0.2) is 0 Å². The minimum atomic E-state index is 0.451. The van der Waals surface area contributed by atoms with Crippen LogP contribution in [0.2, 0.25) is 0 Å². The van der Waals surface area contributed by atoms with Crippen molar-refractivity contribution in [2.45, 2.75) is 0 Å². The molecule has 0 heterocycles. The van der Waals surface area contributed by atoms with E-state index in [1.807, 2.05) is 122 Å².